The largest absolute Gasteiger partial charge is 0.241 e. The van der Waals surface area contributed by atoms with Crippen molar-refractivity contribution in [2.45, 2.75) is 64.3 Å². The van der Waals surface area contributed by atoms with Gasteiger partial charge < -0.3 is 0 Å². The predicted octanol–water partition coefficient (Wildman–Crippen LogP) is 4.24. The molecule has 0 aliphatic heterocycles. The lowest BCUT2D eigenvalue weighted by molar-refractivity contribution is 0.439. The minimum Gasteiger partial charge on any atom is -0.207 e. The van der Waals surface area contributed by atoms with Gasteiger partial charge in [0.05, 0.1) is 4.90 Å². The molecule has 5 heteroatoms. The zero-order chi connectivity index (χ0) is 15.7. The SMILES string of the molecule is CCC(C)(C)NS(=O)(=O)c1ccc(C(C)C)c(Cl)c1C. The third-order valence-corrected chi connectivity index (χ3v) is 5.92. The molecule has 0 radical (unpaired) electrons. The molecule has 3 nitrogen and oxygen atoms in total. The minimum atomic E-state index is -3.56. The van der Waals surface area contributed by atoms with Crippen LogP contribution in [-0.4, -0.2) is 14.0 Å². The lowest BCUT2D eigenvalue weighted by Gasteiger charge is -2.25. The summed E-state index contributed by atoms with van der Waals surface area (Å²) in [6.07, 6.45) is 0.711. The molecule has 114 valence electrons. The first-order valence-electron chi connectivity index (χ1n) is 6.85. The Bertz CT molecular complexity index is 592. The molecule has 1 rings (SSSR count). The Morgan fingerprint density at radius 1 is 1.30 bits per heavy atom. The zero-order valence-electron chi connectivity index (χ0n) is 13.0. The van der Waals surface area contributed by atoms with E-state index in [9.17, 15) is 8.42 Å². The fraction of sp³-hybridized carbons (Fsp3) is 0.600. The van der Waals surface area contributed by atoms with E-state index in [0.29, 0.717) is 17.0 Å². The van der Waals surface area contributed by atoms with Crippen molar-refractivity contribution in [1.82, 2.24) is 4.72 Å². The van der Waals surface area contributed by atoms with Crippen molar-refractivity contribution >= 4 is 21.6 Å². The van der Waals surface area contributed by atoms with Crippen molar-refractivity contribution in [3.05, 3.63) is 28.3 Å². The van der Waals surface area contributed by atoms with Crippen LogP contribution >= 0.6 is 11.6 Å². The van der Waals surface area contributed by atoms with Crippen LogP contribution in [-0.2, 0) is 10.0 Å². The van der Waals surface area contributed by atoms with Gasteiger partial charge in [-0.05, 0) is 50.3 Å². The highest BCUT2D eigenvalue weighted by atomic mass is 35.5. The number of hydrogen-bond acceptors (Lipinski definition) is 2. The Balaban J connectivity index is 3.31. The van der Waals surface area contributed by atoms with E-state index < -0.39 is 15.6 Å². The van der Waals surface area contributed by atoms with Crippen molar-refractivity contribution in [1.29, 1.82) is 0 Å². The van der Waals surface area contributed by atoms with Crippen molar-refractivity contribution in [3.63, 3.8) is 0 Å². The molecule has 0 aliphatic carbocycles. The van der Waals surface area contributed by atoms with Crippen molar-refractivity contribution < 1.29 is 8.42 Å². The van der Waals surface area contributed by atoms with Gasteiger partial charge in [0.2, 0.25) is 10.0 Å². The maximum absolute atomic E-state index is 12.5. The third kappa shape index (κ3) is 3.74. The Morgan fingerprint density at radius 2 is 1.85 bits per heavy atom. The lowest BCUT2D eigenvalue weighted by atomic mass is 10.0. The molecule has 0 saturated carbocycles. The molecular formula is C15H24ClNO2S. The standard InChI is InChI=1S/C15H24ClNO2S/c1-7-15(5,6)17-20(18,19)13-9-8-12(10(2)3)14(16)11(13)4/h8-10,17H,7H2,1-6H3. The normalized spacial score (nSPS) is 13.0. The van der Waals surface area contributed by atoms with E-state index in [1.165, 1.54) is 0 Å². The van der Waals surface area contributed by atoms with E-state index in [2.05, 4.69) is 4.72 Å². The molecule has 0 atom stereocenters. The predicted molar refractivity (Wildman–Crippen MR) is 85.0 cm³/mol. The fourth-order valence-electron chi connectivity index (χ4n) is 1.92. The van der Waals surface area contributed by atoms with Gasteiger partial charge in [0.25, 0.3) is 0 Å². The van der Waals surface area contributed by atoms with Gasteiger partial charge in [-0.3, -0.25) is 0 Å². The third-order valence-electron chi connectivity index (χ3n) is 3.57. The van der Waals surface area contributed by atoms with Crippen LogP contribution in [0.25, 0.3) is 0 Å². The highest BCUT2D eigenvalue weighted by molar-refractivity contribution is 7.89. The van der Waals surface area contributed by atoms with Gasteiger partial charge in [-0.2, -0.15) is 0 Å². The first-order chi connectivity index (χ1) is 9.02. The molecular weight excluding hydrogens is 294 g/mol. The highest BCUT2D eigenvalue weighted by Crippen LogP contribution is 2.31. The summed E-state index contributed by atoms with van der Waals surface area (Å²) < 4.78 is 27.7. The summed E-state index contributed by atoms with van der Waals surface area (Å²) in [5.74, 6) is 0.262. The van der Waals surface area contributed by atoms with Gasteiger partial charge >= 0.3 is 0 Å². The van der Waals surface area contributed by atoms with Gasteiger partial charge in [0.15, 0.2) is 0 Å². The van der Waals surface area contributed by atoms with Crippen LogP contribution in [0.4, 0.5) is 0 Å². The molecule has 1 N–H and O–H groups in total. The maximum atomic E-state index is 12.5. The fourth-order valence-corrected chi connectivity index (χ4v) is 4.09. The smallest absolute Gasteiger partial charge is 0.207 e. The van der Waals surface area contributed by atoms with Crippen LogP contribution in [0.1, 0.15) is 58.1 Å². The summed E-state index contributed by atoms with van der Waals surface area (Å²) in [4.78, 5) is 0.258. The molecule has 1 aromatic rings. The molecule has 0 aliphatic rings. The number of benzene rings is 1. The van der Waals surface area contributed by atoms with Crippen LogP contribution in [0.3, 0.4) is 0 Å². The molecule has 0 bridgehead atoms. The monoisotopic (exact) mass is 317 g/mol. The molecule has 0 spiro atoms. The van der Waals surface area contributed by atoms with Gasteiger partial charge in [-0.25, -0.2) is 13.1 Å². The lowest BCUT2D eigenvalue weighted by Crippen LogP contribution is -2.42. The van der Waals surface area contributed by atoms with E-state index in [4.69, 9.17) is 11.6 Å². The van der Waals surface area contributed by atoms with E-state index in [1.807, 2.05) is 34.6 Å². The summed E-state index contributed by atoms with van der Waals surface area (Å²) in [7, 11) is -3.56. The number of hydrogen-bond donors (Lipinski definition) is 1. The summed E-state index contributed by atoms with van der Waals surface area (Å²) in [6, 6.07) is 3.44. The van der Waals surface area contributed by atoms with E-state index in [1.54, 1.807) is 19.1 Å². The van der Waals surface area contributed by atoms with E-state index in [0.717, 1.165) is 5.56 Å². The van der Waals surface area contributed by atoms with Crippen LogP contribution in [0.15, 0.2) is 17.0 Å². The average Bonchev–Trinajstić information content (AvgIpc) is 2.30. The van der Waals surface area contributed by atoms with Crippen molar-refractivity contribution in [2.75, 3.05) is 0 Å². The van der Waals surface area contributed by atoms with Crippen LogP contribution in [0, 0.1) is 6.92 Å². The van der Waals surface area contributed by atoms with Crippen LogP contribution in [0.5, 0.6) is 0 Å². The highest BCUT2D eigenvalue weighted by Gasteiger charge is 2.27. The van der Waals surface area contributed by atoms with Crippen LogP contribution < -0.4 is 4.72 Å². The summed E-state index contributed by atoms with van der Waals surface area (Å²) in [6.45, 7) is 11.5. The van der Waals surface area contributed by atoms with E-state index in [-0.39, 0.29) is 10.8 Å². The van der Waals surface area contributed by atoms with E-state index >= 15 is 0 Å². The molecule has 0 saturated heterocycles. The first kappa shape index (κ1) is 17.5. The molecule has 0 aromatic heterocycles. The number of sulfonamides is 1. The van der Waals surface area contributed by atoms with Gasteiger partial charge in [0, 0.05) is 10.6 Å². The Morgan fingerprint density at radius 3 is 2.30 bits per heavy atom. The molecule has 20 heavy (non-hydrogen) atoms. The summed E-state index contributed by atoms with van der Waals surface area (Å²) in [5.41, 5.74) is 1.10. The van der Waals surface area contributed by atoms with Crippen molar-refractivity contribution in [3.8, 4) is 0 Å². The molecule has 1 aromatic carbocycles. The topological polar surface area (TPSA) is 46.2 Å². The molecule has 0 heterocycles. The molecule has 0 amide bonds. The Hall–Kier alpha value is -0.580. The molecule has 0 fully saturated rings. The Kier molecular flexibility index (Phi) is 5.28. The van der Waals surface area contributed by atoms with Gasteiger partial charge in [0.1, 0.15) is 0 Å². The zero-order valence-corrected chi connectivity index (χ0v) is 14.6. The first-order valence-corrected chi connectivity index (χ1v) is 8.71. The minimum absolute atomic E-state index is 0.258. The average molecular weight is 318 g/mol. The summed E-state index contributed by atoms with van der Waals surface area (Å²) in [5, 5.41) is 0.539. The second-order valence-electron chi connectivity index (χ2n) is 6.09. The number of halogens is 1. The number of rotatable bonds is 5. The second-order valence-corrected chi connectivity index (χ2v) is 8.12. The summed E-state index contributed by atoms with van der Waals surface area (Å²) >= 11 is 6.31. The van der Waals surface area contributed by atoms with Gasteiger partial charge in [-0.15, -0.1) is 0 Å². The van der Waals surface area contributed by atoms with Crippen LogP contribution in [0.2, 0.25) is 5.02 Å². The van der Waals surface area contributed by atoms with Gasteiger partial charge in [-0.1, -0.05) is 38.4 Å². The quantitative estimate of drug-likeness (QED) is 0.883. The van der Waals surface area contributed by atoms with Crippen molar-refractivity contribution in [2.24, 2.45) is 0 Å². The maximum Gasteiger partial charge on any atom is 0.241 e. The molecule has 0 unspecified atom stereocenters. The second kappa shape index (κ2) is 6.04. The number of nitrogens with one attached hydrogen (secondary N) is 1. The Labute approximate surface area is 127 Å².